The Bertz CT molecular complexity index is 744. The van der Waals surface area contributed by atoms with E-state index in [9.17, 15) is 0 Å². The third-order valence-corrected chi connectivity index (χ3v) is 2.95. The standard InChI is InChI=1S/C14H13N5/c15-13-10-4-2-1-3-9(10)7-11(14(13)16)19-8-12-17-5-6-18-12/h1-8H,15-16H2,(H,17,18). The van der Waals surface area contributed by atoms with Gasteiger partial charge in [-0.05, 0) is 11.5 Å². The molecule has 3 rings (SSSR count). The zero-order valence-electron chi connectivity index (χ0n) is 10.2. The highest BCUT2D eigenvalue weighted by Gasteiger charge is 2.06. The Balaban J connectivity index is 2.11. The van der Waals surface area contributed by atoms with E-state index >= 15 is 0 Å². The van der Waals surface area contributed by atoms with Gasteiger partial charge in [-0.1, -0.05) is 24.3 Å². The molecule has 0 amide bonds. The Morgan fingerprint density at radius 3 is 2.79 bits per heavy atom. The summed E-state index contributed by atoms with van der Waals surface area (Å²) < 4.78 is 0. The molecule has 0 aliphatic heterocycles. The molecule has 0 saturated heterocycles. The van der Waals surface area contributed by atoms with Crippen LogP contribution in [0.1, 0.15) is 5.82 Å². The number of aromatic nitrogens is 2. The van der Waals surface area contributed by atoms with Crippen molar-refractivity contribution in [2.75, 3.05) is 11.5 Å². The third-order valence-electron chi connectivity index (χ3n) is 2.95. The van der Waals surface area contributed by atoms with Crippen LogP contribution in [0, 0.1) is 0 Å². The van der Waals surface area contributed by atoms with Gasteiger partial charge < -0.3 is 16.5 Å². The van der Waals surface area contributed by atoms with E-state index in [0.717, 1.165) is 10.8 Å². The molecule has 0 aliphatic carbocycles. The number of imidazole rings is 1. The average molecular weight is 251 g/mol. The molecule has 19 heavy (non-hydrogen) atoms. The van der Waals surface area contributed by atoms with E-state index in [1.165, 1.54) is 0 Å². The number of fused-ring (bicyclic) bond motifs is 1. The van der Waals surface area contributed by atoms with Crippen molar-refractivity contribution in [2.24, 2.45) is 4.99 Å². The van der Waals surface area contributed by atoms with Crippen LogP contribution < -0.4 is 11.5 Å². The molecular weight excluding hydrogens is 238 g/mol. The van der Waals surface area contributed by atoms with Crippen LogP contribution in [0.5, 0.6) is 0 Å². The topological polar surface area (TPSA) is 93.1 Å². The lowest BCUT2D eigenvalue weighted by molar-refractivity contribution is 1.27. The lowest BCUT2D eigenvalue weighted by Gasteiger charge is -2.08. The second kappa shape index (κ2) is 4.45. The molecule has 94 valence electrons. The predicted molar refractivity (Wildman–Crippen MR) is 78.6 cm³/mol. The maximum atomic E-state index is 6.05. The Morgan fingerprint density at radius 2 is 2.00 bits per heavy atom. The normalized spacial score (nSPS) is 11.4. The molecule has 0 aliphatic rings. The molecule has 0 atom stereocenters. The van der Waals surface area contributed by atoms with Crippen molar-refractivity contribution in [3.05, 3.63) is 48.5 Å². The Morgan fingerprint density at radius 1 is 1.16 bits per heavy atom. The summed E-state index contributed by atoms with van der Waals surface area (Å²) in [6.45, 7) is 0. The number of nitrogens with one attached hydrogen (secondary N) is 1. The highest BCUT2D eigenvalue weighted by Crippen LogP contribution is 2.35. The van der Waals surface area contributed by atoms with E-state index < -0.39 is 0 Å². The summed E-state index contributed by atoms with van der Waals surface area (Å²) in [6, 6.07) is 9.74. The van der Waals surface area contributed by atoms with Gasteiger partial charge >= 0.3 is 0 Å². The minimum atomic E-state index is 0.488. The number of rotatable bonds is 2. The van der Waals surface area contributed by atoms with E-state index in [0.29, 0.717) is 22.9 Å². The van der Waals surface area contributed by atoms with Gasteiger partial charge in [-0.15, -0.1) is 0 Å². The molecule has 5 heteroatoms. The molecule has 0 bridgehead atoms. The fourth-order valence-electron chi connectivity index (χ4n) is 1.96. The minimum Gasteiger partial charge on any atom is -0.396 e. The van der Waals surface area contributed by atoms with Gasteiger partial charge in [0.15, 0.2) is 0 Å². The first-order valence-corrected chi connectivity index (χ1v) is 5.86. The van der Waals surface area contributed by atoms with Crippen LogP contribution in [-0.4, -0.2) is 16.2 Å². The number of hydrogen-bond acceptors (Lipinski definition) is 4. The van der Waals surface area contributed by atoms with Crippen LogP contribution in [0.4, 0.5) is 17.1 Å². The number of hydrogen-bond donors (Lipinski definition) is 3. The first-order valence-electron chi connectivity index (χ1n) is 5.86. The second-order valence-electron chi connectivity index (χ2n) is 4.18. The maximum absolute atomic E-state index is 6.05. The van der Waals surface area contributed by atoms with Gasteiger partial charge in [-0.2, -0.15) is 0 Å². The summed E-state index contributed by atoms with van der Waals surface area (Å²) in [5, 5.41) is 1.96. The average Bonchev–Trinajstić information content (AvgIpc) is 2.94. The molecule has 1 aromatic heterocycles. The van der Waals surface area contributed by atoms with Gasteiger partial charge in [0, 0.05) is 17.8 Å². The van der Waals surface area contributed by atoms with Gasteiger partial charge in [0.05, 0.1) is 23.3 Å². The van der Waals surface area contributed by atoms with Crippen molar-refractivity contribution in [3.63, 3.8) is 0 Å². The fraction of sp³-hybridized carbons (Fsp3) is 0. The van der Waals surface area contributed by atoms with Gasteiger partial charge in [0.25, 0.3) is 0 Å². The van der Waals surface area contributed by atoms with Crippen LogP contribution in [0.2, 0.25) is 0 Å². The van der Waals surface area contributed by atoms with E-state index in [1.54, 1.807) is 18.6 Å². The molecule has 0 spiro atoms. The second-order valence-corrected chi connectivity index (χ2v) is 4.18. The molecule has 0 radical (unpaired) electrons. The molecule has 0 unspecified atom stereocenters. The van der Waals surface area contributed by atoms with E-state index in [1.807, 2.05) is 30.3 Å². The van der Waals surface area contributed by atoms with Gasteiger partial charge in [-0.25, -0.2) is 4.98 Å². The number of nitrogens with zero attached hydrogens (tertiary/aromatic N) is 2. The van der Waals surface area contributed by atoms with Crippen molar-refractivity contribution < 1.29 is 0 Å². The summed E-state index contributed by atoms with van der Waals surface area (Å²) >= 11 is 0. The minimum absolute atomic E-state index is 0.488. The largest absolute Gasteiger partial charge is 0.396 e. The molecule has 0 fully saturated rings. The van der Waals surface area contributed by atoms with Crippen molar-refractivity contribution in [1.82, 2.24) is 9.97 Å². The van der Waals surface area contributed by atoms with Crippen LogP contribution in [0.15, 0.2) is 47.7 Å². The highest BCUT2D eigenvalue weighted by molar-refractivity contribution is 6.03. The highest BCUT2D eigenvalue weighted by atomic mass is 14.9. The first-order chi connectivity index (χ1) is 9.25. The number of benzene rings is 2. The van der Waals surface area contributed by atoms with Crippen LogP contribution >= 0.6 is 0 Å². The number of nitrogens with two attached hydrogens (primary N) is 2. The smallest absolute Gasteiger partial charge is 0.148 e. The van der Waals surface area contributed by atoms with E-state index in [2.05, 4.69) is 15.0 Å². The molecule has 0 saturated carbocycles. The lowest BCUT2D eigenvalue weighted by atomic mass is 10.1. The van der Waals surface area contributed by atoms with Crippen molar-refractivity contribution in [1.29, 1.82) is 0 Å². The van der Waals surface area contributed by atoms with E-state index in [-0.39, 0.29) is 0 Å². The van der Waals surface area contributed by atoms with E-state index in [4.69, 9.17) is 11.5 Å². The quantitative estimate of drug-likeness (QED) is 0.482. The van der Waals surface area contributed by atoms with Gasteiger partial charge in [0.2, 0.25) is 0 Å². The Kier molecular flexibility index (Phi) is 2.64. The van der Waals surface area contributed by atoms with Crippen LogP contribution in [-0.2, 0) is 0 Å². The third kappa shape index (κ3) is 2.01. The summed E-state index contributed by atoms with van der Waals surface area (Å²) in [7, 11) is 0. The first kappa shape index (κ1) is 11.3. The molecule has 5 nitrogen and oxygen atoms in total. The summed E-state index contributed by atoms with van der Waals surface area (Å²) in [6.07, 6.45) is 5.03. The zero-order valence-corrected chi connectivity index (χ0v) is 10.2. The predicted octanol–water partition coefficient (Wildman–Crippen LogP) is 2.48. The maximum Gasteiger partial charge on any atom is 0.148 e. The number of aromatic amines is 1. The monoisotopic (exact) mass is 251 g/mol. The summed E-state index contributed by atoms with van der Waals surface area (Å²) in [5.41, 5.74) is 13.8. The molecule has 1 heterocycles. The van der Waals surface area contributed by atoms with Crippen molar-refractivity contribution in [3.8, 4) is 0 Å². The molecule has 5 N–H and O–H groups in total. The molecule has 2 aromatic carbocycles. The number of H-pyrrole nitrogens is 1. The number of aliphatic imine (C=N–C) groups is 1. The van der Waals surface area contributed by atoms with Gasteiger partial charge in [0.1, 0.15) is 5.82 Å². The SMILES string of the molecule is Nc1c(N=Cc2ncc[nH]2)cc2ccccc2c1N. The van der Waals surface area contributed by atoms with Crippen LogP contribution in [0.25, 0.3) is 10.8 Å². The molecule has 3 aromatic rings. The summed E-state index contributed by atoms with van der Waals surface area (Å²) in [4.78, 5) is 11.4. The van der Waals surface area contributed by atoms with Crippen molar-refractivity contribution in [2.45, 2.75) is 0 Å². The number of anilines is 2. The zero-order chi connectivity index (χ0) is 13.2. The fourth-order valence-corrected chi connectivity index (χ4v) is 1.96. The van der Waals surface area contributed by atoms with Crippen LogP contribution in [0.3, 0.4) is 0 Å². The van der Waals surface area contributed by atoms with Gasteiger partial charge in [-0.3, -0.25) is 4.99 Å². The lowest BCUT2D eigenvalue weighted by Crippen LogP contribution is -1.96. The summed E-state index contributed by atoms with van der Waals surface area (Å²) in [5.74, 6) is 0.672. The molecular formula is C14H13N5. The Hall–Kier alpha value is -2.82. The van der Waals surface area contributed by atoms with Crippen molar-refractivity contribution >= 4 is 34.0 Å². The number of nitrogen functional groups attached to an aromatic ring is 2. The Labute approximate surface area is 110 Å².